The van der Waals surface area contributed by atoms with Crippen molar-refractivity contribution in [2.75, 3.05) is 0 Å². The molecule has 0 heterocycles. The molecule has 0 aliphatic carbocycles. The van der Waals surface area contributed by atoms with E-state index in [1.807, 2.05) is 0 Å². The molecule has 2 aromatic rings. The normalized spacial score (nSPS) is 10.1. The molecule has 0 N–H and O–H groups in total. The summed E-state index contributed by atoms with van der Waals surface area (Å²) in [5, 5.41) is 8.60. The van der Waals surface area contributed by atoms with Crippen LogP contribution in [-0.4, -0.2) is 0 Å². The Bertz CT molecular complexity index is 597. The first-order valence-corrected chi connectivity index (χ1v) is 6.53. The second kappa shape index (κ2) is 5.51. The Kier molecular flexibility index (Phi) is 4.00. The van der Waals surface area contributed by atoms with E-state index in [9.17, 15) is 8.78 Å². The van der Waals surface area contributed by atoms with Gasteiger partial charge in [-0.1, -0.05) is 27.7 Å². The van der Waals surface area contributed by atoms with Crippen LogP contribution in [0.25, 0.3) is 0 Å². The maximum atomic E-state index is 13.6. The molecule has 2 aromatic carbocycles. The largest absolute Gasteiger partial charge is 0.206 e. The predicted molar refractivity (Wildman–Crippen MR) is 69.3 cm³/mol. The van der Waals surface area contributed by atoms with Gasteiger partial charge >= 0.3 is 0 Å². The number of nitrogens with zero attached hydrogens (tertiary/aromatic N) is 1. The highest BCUT2D eigenvalue weighted by atomic mass is 79.9. The van der Waals surface area contributed by atoms with Crippen LogP contribution in [0.5, 0.6) is 0 Å². The van der Waals surface area contributed by atoms with Gasteiger partial charge < -0.3 is 0 Å². The van der Waals surface area contributed by atoms with Crippen molar-refractivity contribution >= 4 is 27.7 Å². The van der Waals surface area contributed by atoms with Gasteiger partial charge in [-0.15, -0.1) is 0 Å². The molecule has 5 heteroatoms. The van der Waals surface area contributed by atoms with Crippen LogP contribution in [0.15, 0.2) is 50.7 Å². The smallest absolute Gasteiger partial charge is 0.141 e. The lowest BCUT2D eigenvalue weighted by atomic mass is 10.2. The average molecular weight is 326 g/mol. The molecule has 0 saturated carbocycles. The minimum Gasteiger partial charge on any atom is -0.206 e. The molecule has 90 valence electrons. The first kappa shape index (κ1) is 13.1. The molecule has 0 aromatic heterocycles. The summed E-state index contributed by atoms with van der Waals surface area (Å²) in [6.07, 6.45) is 0. The quantitative estimate of drug-likeness (QED) is 0.795. The number of hydrogen-bond donors (Lipinski definition) is 0. The Morgan fingerprint density at radius 1 is 1.06 bits per heavy atom. The molecule has 0 bridgehead atoms. The molecule has 0 aliphatic heterocycles. The second-order valence-corrected chi connectivity index (χ2v) is 5.44. The van der Waals surface area contributed by atoms with E-state index in [1.165, 1.54) is 0 Å². The summed E-state index contributed by atoms with van der Waals surface area (Å²) in [4.78, 5) is 0.622. The molecule has 0 radical (unpaired) electrons. The maximum absolute atomic E-state index is 13.6. The highest BCUT2D eigenvalue weighted by Crippen LogP contribution is 2.33. The highest BCUT2D eigenvalue weighted by Gasteiger charge is 2.12. The van der Waals surface area contributed by atoms with E-state index in [-0.39, 0.29) is 10.5 Å². The van der Waals surface area contributed by atoms with Crippen molar-refractivity contribution in [3.8, 4) is 6.07 Å². The van der Waals surface area contributed by atoms with E-state index < -0.39 is 11.6 Å². The van der Waals surface area contributed by atoms with Crippen LogP contribution >= 0.6 is 27.7 Å². The highest BCUT2D eigenvalue weighted by molar-refractivity contribution is 9.10. The van der Waals surface area contributed by atoms with E-state index in [0.717, 1.165) is 33.3 Å². The lowest BCUT2D eigenvalue weighted by molar-refractivity contribution is 0.540. The summed E-state index contributed by atoms with van der Waals surface area (Å²) in [5.41, 5.74) is -0.0230. The van der Waals surface area contributed by atoms with E-state index in [0.29, 0.717) is 0 Å². The zero-order valence-corrected chi connectivity index (χ0v) is 11.4. The fourth-order valence-electron chi connectivity index (χ4n) is 1.34. The topological polar surface area (TPSA) is 23.8 Å². The van der Waals surface area contributed by atoms with Crippen molar-refractivity contribution < 1.29 is 8.78 Å². The van der Waals surface area contributed by atoms with Gasteiger partial charge in [-0.3, -0.25) is 0 Å². The van der Waals surface area contributed by atoms with Crippen molar-refractivity contribution in [1.29, 1.82) is 5.26 Å². The van der Waals surface area contributed by atoms with Crippen LogP contribution in [0.4, 0.5) is 8.78 Å². The molecule has 0 aliphatic rings. The maximum Gasteiger partial charge on any atom is 0.141 e. The van der Waals surface area contributed by atoms with E-state index in [4.69, 9.17) is 5.26 Å². The molecule has 18 heavy (non-hydrogen) atoms. The number of halogens is 3. The lowest BCUT2D eigenvalue weighted by Crippen LogP contribution is -1.90. The molecule has 0 fully saturated rings. The minimum absolute atomic E-state index is 0.0230. The molecular weight excluding hydrogens is 320 g/mol. The average Bonchev–Trinajstić information content (AvgIpc) is 2.35. The van der Waals surface area contributed by atoms with Crippen LogP contribution in [0.1, 0.15) is 5.56 Å². The van der Waals surface area contributed by atoms with Crippen LogP contribution in [0.2, 0.25) is 0 Å². The molecule has 0 spiro atoms. The Balaban J connectivity index is 2.35. The van der Waals surface area contributed by atoms with Crippen molar-refractivity contribution in [3.05, 3.63) is 58.1 Å². The fourth-order valence-corrected chi connectivity index (χ4v) is 2.43. The first-order valence-electron chi connectivity index (χ1n) is 4.92. The van der Waals surface area contributed by atoms with Crippen LogP contribution in [-0.2, 0) is 0 Å². The summed E-state index contributed by atoms with van der Waals surface area (Å²) in [6, 6.07) is 10.9. The van der Waals surface area contributed by atoms with Gasteiger partial charge in [-0.25, -0.2) is 8.78 Å². The van der Waals surface area contributed by atoms with Crippen LogP contribution in [0.3, 0.4) is 0 Å². The van der Waals surface area contributed by atoms with Crippen LogP contribution in [0, 0.1) is 23.0 Å². The summed E-state index contributed by atoms with van der Waals surface area (Å²) in [6.45, 7) is 0. The van der Waals surface area contributed by atoms with Crippen LogP contribution < -0.4 is 0 Å². The van der Waals surface area contributed by atoms with E-state index in [2.05, 4.69) is 15.9 Å². The summed E-state index contributed by atoms with van der Waals surface area (Å²) >= 11 is 4.27. The molecule has 0 amide bonds. The molecule has 1 nitrogen and oxygen atoms in total. The third-order valence-electron chi connectivity index (χ3n) is 2.16. The molecule has 2 rings (SSSR count). The van der Waals surface area contributed by atoms with Crippen molar-refractivity contribution in [1.82, 2.24) is 0 Å². The second-order valence-electron chi connectivity index (χ2n) is 3.44. The Hall–Kier alpha value is -1.38. The van der Waals surface area contributed by atoms with Gasteiger partial charge in [0.15, 0.2) is 0 Å². The monoisotopic (exact) mass is 325 g/mol. The van der Waals surface area contributed by atoms with Gasteiger partial charge in [0.05, 0.1) is 16.5 Å². The minimum atomic E-state index is -0.723. The predicted octanol–water partition coefficient (Wildman–Crippen LogP) is 4.75. The lowest BCUT2D eigenvalue weighted by Gasteiger charge is -2.05. The Labute approximate surface area is 116 Å². The summed E-state index contributed by atoms with van der Waals surface area (Å²) in [7, 11) is 0. The van der Waals surface area contributed by atoms with Gasteiger partial charge in [0.25, 0.3) is 0 Å². The van der Waals surface area contributed by atoms with Gasteiger partial charge in [-0.2, -0.15) is 5.26 Å². The van der Waals surface area contributed by atoms with Crippen molar-refractivity contribution in [2.24, 2.45) is 0 Å². The fraction of sp³-hybridized carbons (Fsp3) is 0. The molecular formula is C13H6BrF2NS. The molecule has 0 unspecified atom stereocenters. The third-order valence-corrected chi connectivity index (χ3v) is 3.79. The zero-order chi connectivity index (χ0) is 13.1. The standard InChI is InChI=1S/C13H6BrF2NS/c14-9-1-3-10(4-2-9)18-13-11(15)5-8(7-17)6-12(13)16/h1-6H. The SMILES string of the molecule is N#Cc1cc(F)c(Sc2ccc(Br)cc2)c(F)c1. The number of nitriles is 1. The van der Waals surface area contributed by atoms with Gasteiger partial charge in [0.1, 0.15) is 11.6 Å². The van der Waals surface area contributed by atoms with Crippen molar-refractivity contribution in [2.45, 2.75) is 9.79 Å². The molecule has 0 saturated heterocycles. The van der Waals surface area contributed by atoms with Gasteiger partial charge in [0, 0.05) is 9.37 Å². The van der Waals surface area contributed by atoms with Gasteiger partial charge in [-0.05, 0) is 36.4 Å². The Morgan fingerprint density at radius 3 is 2.11 bits per heavy atom. The number of hydrogen-bond acceptors (Lipinski definition) is 2. The Morgan fingerprint density at radius 2 is 1.61 bits per heavy atom. The third kappa shape index (κ3) is 2.89. The zero-order valence-electron chi connectivity index (χ0n) is 8.95. The summed E-state index contributed by atoms with van der Waals surface area (Å²) < 4.78 is 28.2. The van der Waals surface area contributed by atoms with Gasteiger partial charge in [0.2, 0.25) is 0 Å². The van der Waals surface area contributed by atoms with E-state index >= 15 is 0 Å². The van der Waals surface area contributed by atoms with Crippen molar-refractivity contribution in [3.63, 3.8) is 0 Å². The summed E-state index contributed by atoms with van der Waals surface area (Å²) in [5.74, 6) is -1.45. The molecule has 0 atom stereocenters. The number of benzene rings is 2. The number of rotatable bonds is 2. The first-order chi connectivity index (χ1) is 8.60. The van der Waals surface area contributed by atoms with E-state index in [1.54, 1.807) is 30.3 Å².